The average molecular weight is 480 g/mol. The van der Waals surface area contributed by atoms with Crippen molar-refractivity contribution in [3.8, 4) is 0 Å². The summed E-state index contributed by atoms with van der Waals surface area (Å²) in [6.07, 6.45) is 6.94. The Kier molecular flexibility index (Phi) is 10.8. The van der Waals surface area contributed by atoms with E-state index < -0.39 is 0 Å². The molecule has 2 N–H and O–H groups in total. The molecule has 0 spiro atoms. The number of rotatable bonds is 5. The van der Waals surface area contributed by atoms with Crippen molar-refractivity contribution in [1.29, 1.82) is 0 Å². The monoisotopic (exact) mass is 480 g/mol. The number of carbonyl (C=O) groups is 1. The second-order valence-corrected chi connectivity index (χ2v) is 8.00. The van der Waals surface area contributed by atoms with Crippen LogP contribution in [0.25, 0.3) is 0 Å². The fraction of sp³-hybridized carbons (Fsp3) is 0.895. The molecule has 7 heteroatoms. The maximum atomic E-state index is 11.9. The van der Waals surface area contributed by atoms with E-state index in [1.165, 1.54) is 25.7 Å². The quantitative estimate of drug-likeness (QED) is 0.361. The van der Waals surface area contributed by atoms with Gasteiger partial charge in [0.1, 0.15) is 6.54 Å². The molecule has 1 saturated heterocycles. The van der Waals surface area contributed by atoms with Crippen LogP contribution in [0.4, 0.5) is 0 Å². The minimum Gasteiger partial charge on any atom is -0.381 e. The molecule has 0 bridgehead atoms. The zero-order valence-electron chi connectivity index (χ0n) is 16.8. The molecule has 2 aliphatic rings. The van der Waals surface area contributed by atoms with E-state index in [1.54, 1.807) is 19.0 Å². The molecule has 2 unspecified atom stereocenters. The molecule has 1 aliphatic heterocycles. The van der Waals surface area contributed by atoms with Crippen molar-refractivity contribution in [2.45, 2.75) is 64.5 Å². The summed E-state index contributed by atoms with van der Waals surface area (Å²) < 4.78 is 5.44. The first-order chi connectivity index (χ1) is 12.0. The van der Waals surface area contributed by atoms with Gasteiger partial charge in [0, 0.05) is 39.4 Å². The van der Waals surface area contributed by atoms with Crippen molar-refractivity contribution in [3.05, 3.63) is 0 Å². The van der Waals surface area contributed by atoms with E-state index in [4.69, 9.17) is 4.74 Å². The number of guanidine groups is 1. The van der Waals surface area contributed by atoms with Crippen LogP contribution in [0.3, 0.4) is 0 Å². The highest BCUT2D eigenvalue weighted by Crippen LogP contribution is 2.29. The van der Waals surface area contributed by atoms with E-state index in [0.29, 0.717) is 12.1 Å². The lowest BCUT2D eigenvalue weighted by atomic mass is 9.79. The molecule has 1 aliphatic carbocycles. The van der Waals surface area contributed by atoms with Crippen LogP contribution in [-0.2, 0) is 9.53 Å². The standard InChI is InChI=1S/C19H36N4O2.HI/c1-14(2)15-6-5-7-17(12-15)22-19(20-13-18(24)23(3)4)21-16-8-10-25-11-9-16;/h14-17H,5-13H2,1-4H3,(H2,20,21,22);1H. The smallest absolute Gasteiger partial charge is 0.243 e. The van der Waals surface area contributed by atoms with Crippen LogP contribution in [0.15, 0.2) is 4.99 Å². The Balaban J connectivity index is 0.00000338. The minimum atomic E-state index is 0. The van der Waals surface area contributed by atoms with E-state index >= 15 is 0 Å². The molecule has 2 rings (SSSR count). The molecule has 2 fully saturated rings. The fourth-order valence-corrected chi connectivity index (χ4v) is 3.61. The van der Waals surface area contributed by atoms with Crippen LogP contribution in [0.5, 0.6) is 0 Å². The van der Waals surface area contributed by atoms with Crippen LogP contribution in [0.2, 0.25) is 0 Å². The third-order valence-electron chi connectivity index (χ3n) is 5.43. The molecule has 0 aromatic heterocycles. The van der Waals surface area contributed by atoms with E-state index in [0.717, 1.165) is 43.9 Å². The zero-order valence-corrected chi connectivity index (χ0v) is 19.1. The van der Waals surface area contributed by atoms with E-state index in [9.17, 15) is 4.79 Å². The highest BCUT2D eigenvalue weighted by Gasteiger charge is 2.25. The van der Waals surface area contributed by atoms with Crippen LogP contribution in [-0.4, -0.2) is 62.7 Å². The number of hydrogen-bond acceptors (Lipinski definition) is 3. The Morgan fingerprint density at radius 3 is 2.38 bits per heavy atom. The van der Waals surface area contributed by atoms with Gasteiger partial charge in [0.05, 0.1) is 0 Å². The normalized spacial score (nSPS) is 24.7. The largest absolute Gasteiger partial charge is 0.381 e. The van der Waals surface area contributed by atoms with E-state index in [2.05, 4.69) is 29.5 Å². The highest BCUT2D eigenvalue weighted by atomic mass is 127. The Labute approximate surface area is 175 Å². The summed E-state index contributed by atoms with van der Waals surface area (Å²) in [4.78, 5) is 18.1. The third-order valence-corrected chi connectivity index (χ3v) is 5.43. The van der Waals surface area contributed by atoms with Crippen LogP contribution >= 0.6 is 24.0 Å². The molecule has 0 aromatic rings. The molecule has 26 heavy (non-hydrogen) atoms. The van der Waals surface area contributed by atoms with Crippen LogP contribution in [0, 0.1) is 11.8 Å². The van der Waals surface area contributed by atoms with Gasteiger partial charge in [0.15, 0.2) is 5.96 Å². The van der Waals surface area contributed by atoms with Gasteiger partial charge in [0.2, 0.25) is 5.91 Å². The molecular formula is C19H37IN4O2. The summed E-state index contributed by atoms with van der Waals surface area (Å²) in [6.45, 7) is 6.41. The van der Waals surface area contributed by atoms with Crippen molar-refractivity contribution >= 4 is 35.8 Å². The second kappa shape index (κ2) is 12.0. The Morgan fingerprint density at radius 2 is 1.77 bits per heavy atom. The van der Waals surface area contributed by atoms with Crippen molar-refractivity contribution in [3.63, 3.8) is 0 Å². The number of hydrogen-bond donors (Lipinski definition) is 2. The van der Waals surface area contributed by atoms with Crippen LogP contribution < -0.4 is 10.6 Å². The van der Waals surface area contributed by atoms with Gasteiger partial charge in [-0.15, -0.1) is 24.0 Å². The predicted molar refractivity (Wildman–Crippen MR) is 117 cm³/mol. The summed E-state index contributed by atoms with van der Waals surface area (Å²) in [5.74, 6) is 2.32. The fourth-order valence-electron chi connectivity index (χ4n) is 3.61. The maximum Gasteiger partial charge on any atom is 0.243 e. The first-order valence-electron chi connectivity index (χ1n) is 9.81. The topological polar surface area (TPSA) is 66.0 Å². The maximum absolute atomic E-state index is 11.9. The number of amides is 1. The molecular weight excluding hydrogens is 443 g/mol. The lowest BCUT2D eigenvalue weighted by molar-refractivity contribution is -0.127. The number of likely N-dealkylation sites (N-methyl/N-ethyl adjacent to an activating group) is 1. The summed E-state index contributed by atoms with van der Waals surface area (Å²) in [5.41, 5.74) is 0. The van der Waals surface area contributed by atoms with Gasteiger partial charge in [-0.3, -0.25) is 4.79 Å². The average Bonchev–Trinajstić information content (AvgIpc) is 2.60. The van der Waals surface area contributed by atoms with Gasteiger partial charge in [0.25, 0.3) is 0 Å². The summed E-state index contributed by atoms with van der Waals surface area (Å²) in [7, 11) is 3.54. The second-order valence-electron chi connectivity index (χ2n) is 8.00. The van der Waals surface area contributed by atoms with Gasteiger partial charge < -0.3 is 20.3 Å². The lowest BCUT2D eigenvalue weighted by Gasteiger charge is -2.34. The zero-order chi connectivity index (χ0) is 18.2. The summed E-state index contributed by atoms with van der Waals surface area (Å²) in [5, 5.41) is 7.14. The molecule has 1 amide bonds. The predicted octanol–water partition coefficient (Wildman–Crippen LogP) is 2.62. The number of aliphatic imine (C=N–C) groups is 1. The lowest BCUT2D eigenvalue weighted by Crippen LogP contribution is -2.50. The molecule has 1 heterocycles. The first kappa shape index (κ1) is 23.5. The molecule has 0 aromatic carbocycles. The van der Waals surface area contributed by atoms with Crippen LogP contribution in [0.1, 0.15) is 52.4 Å². The number of carbonyl (C=O) groups excluding carboxylic acids is 1. The number of nitrogens with zero attached hydrogens (tertiary/aromatic N) is 2. The Morgan fingerprint density at radius 1 is 1.12 bits per heavy atom. The third kappa shape index (κ3) is 7.98. The molecule has 1 saturated carbocycles. The molecule has 6 nitrogen and oxygen atoms in total. The number of ether oxygens (including phenoxy) is 1. The number of nitrogens with one attached hydrogen (secondary N) is 2. The highest BCUT2D eigenvalue weighted by molar-refractivity contribution is 14.0. The van der Waals surface area contributed by atoms with Crippen molar-refractivity contribution in [1.82, 2.24) is 15.5 Å². The van der Waals surface area contributed by atoms with E-state index in [-0.39, 0.29) is 36.4 Å². The Hall–Kier alpha value is -0.570. The molecule has 2 atom stereocenters. The van der Waals surface area contributed by atoms with Gasteiger partial charge >= 0.3 is 0 Å². The summed E-state index contributed by atoms with van der Waals surface area (Å²) >= 11 is 0. The number of halogens is 1. The van der Waals surface area contributed by atoms with E-state index in [1.807, 2.05) is 0 Å². The molecule has 152 valence electrons. The summed E-state index contributed by atoms with van der Waals surface area (Å²) in [6, 6.07) is 0.820. The molecule has 0 radical (unpaired) electrons. The van der Waals surface area contributed by atoms with Crippen molar-refractivity contribution < 1.29 is 9.53 Å². The van der Waals surface area contributed by atoms with Crippen molar-refractivity contribution in [2.24, 2.45) is 16.8 Å². The van der Waals surface area contributed by atoms with Gasteiger partial charge in [-0.05, 0) is 37.5 Å². The Bertz CT molecular complexity index is 451. The van der Waals surface area contributed by atoms with Gasteiger partial charge in [-0.1, -0.05) is 26.7 Å². The first-order valence-corrected chi connectivity index (χ1v) is 9.81. The van der Waals surface area contributed by atoms with Crippen molar-refractivity contribution in [2.75, 3.05) is 33.9 Å². The minimum absolute atomic E-state index is 0. The van der Waals surface area contributed by atoms with Gasteiger partial charge in [-0.25, -0.2) is 4.99 Å². The SMILES string of the molecule is CC(C)C1CCCC(NC(=NCC(=O)N(C)C)NC2CCOCC2)C1.I. The van der Waals surface area contributed by atoms with Gasteiger partial charge in [-0.2, -0.15) is 0 Å².